The number of methoxy groups -OCH3 is 1. The predicted molar refractivity (Wildman–Crippen MR) is 91.6 cm³/mol. The van der Waals surface area contributed by atoms with Gasteiger partial charge < -0.3 is 9.64 Å². The summed E-state index contributed by atoms with van der Waals surface area (Å²) in [6, 6.07) is 8.07. The Labute approximate surface area is 142 Å². The minimum atomic E-state index is 0.0684. The molecule has 1 aromatic heterocycles. The molecule has 1 aromatic carbocycles. The van der Waals surface area contributed by atoms with E-state index < -0.39 is 0 Å². The third-order valence-corrected chi connectivity index (χ3v) is 4.53. The van der Waals surface area contributed by atoms with E-state index in [0.29, 0.717) is 0 Å². The van der Waals surface area contributed by atoms with Crippen molar-refractivity contribution in [2.24, 2.45) is 7.05 Å². The van der Waals surface area contributed by atoms with E-state index in [0.717, 1.165) is 37.5 Å². The van der Waals surface area contributed by atoms with Crippen LogP contribution in [0.5, 0.6) is 5.75 Å². The third kappa shape index (κ3) is 3.59. The first-order valence-electron chi connectivity index (χ1n) is 8.18. The van der Waals surface area contributed by atoms with Crippen LogP contribution in [0.4, 0.5) is 0 Å². The zero-order chi connectivity index (χ0) is 17.1. The Hall–Kier alpha value is -2.34. The first-order valence-corrected chi connectivity index (χ1v) is 8.18. The van der Waals surface area contributed by atoms with Gasteiger partial charge in [0, 0.05) is 51.9 Å². The van der Waals surface area contributed by atoms with E-state index in [2.05, 4.69) is 10.00 Å². The smallest absolute Gasteiger partial charge is 0.220 e. The average Bonchev–Trinajstić information content (AvgIpc) is 2.99. The maximum Gasteiger partial charge on any atom is 0.220 e. The van der Waals surface area contributed by atoms with Crippen molar-refractivity contribution in [3.05, 3.63) is 47.8 Å². The number of hydrogen-bond acceptors (Lipinski definition) is 4. The van der Waals surface area contributed by atoms with Crippen LogP contribution in [0.2, 0.25) is 0 Å². The number of amides is 1. The first-order chi connectivity index (χ1) is 11.6. The second-order valence-electron chi connectivity index (χ2n) is 6.26. The average molecular weight is 328 g/mol. The number of benzene rings is 1. The van der Waals surface area contributed by atoms with Crippen LogP contribution in [-0.2, 0) is 18.4 Å². The molecular formula is C18H24N4O2. The molecule has 1 fully saturated rings. The van der Waals surface area contributed by atoms with Gasteiger partial charge >= 0.3 is 0 Å². The maximum atomic E-state index is 12.0. The zero-order valence-corrected chi connectivity index (χ0v) is 14.5. The van der Waals surface area contributed by atoms with Gasteiger partial charge in [0.15, 0.2) is 0 Å². The van der Waals surface area contributed by atoms with Crippen LogP contribution >= 0.6 is 0 Å². The van der Waals surface area contributed by atoms with Crippen LogP contribution in [0.1, 0.15) is 24.1 Å². The number of ether oxygens (including phenoxy) is 1. The van der Waals surface area contributed by atoms with Crippen molar-refractivity contribution in [3.63, 3.8) is 0 Å². The molecule has 3 rings (SSSR count). The van der Waals surface area contributed by atoms with E-state index in [-0.39, 0.29) is 11.9 Å². The van der Waals surface area contributed by atoms with Crippen LogP contribution in [-0.4, -0.2) is 52.2 Å². The normalized spacial score (nSPS) is 18.6. The van der Waals surface area contributed by atoms with Crippen molar-refractivity contribution in [1.82, 2.24) is 19.6 Å². The summed E-state index contributed by atoms with van der Waals surface area (Å²) in [7, 11) is 3.59. The van der Waals surface area contributed by atoms with Crippen LogP contribution < -0.4 is 4.74 Å². The molecule has 6 nitrogen and oxygen atoms in total. The maximum absolute atomic E-state index is 12.0. The highest BCUT2D eigenvalue weighted by Gasteiger charge is 2.30. The van der Waals surface area contributed by atoms with Gasteiger partial charge in [-0.25, -0.2) is 0 Å². The van der Waals surface area contributed by atoms with Gasteiger partial charge in [-0.2, -0.15) is 5.10 Å². The number of carbonyl (C=O) groups excluding carboxylic acids is 1. The Morgan fingerprint density at radius 3 is 2.62 bits per heavy atom. The van der Waals surface area contributed by atoms with Crippen molar-refractivity contribution < 1.29 is 9.53 Å². The molecule has 1 aliphatic heterocycles. The van der Waals surface area contributed by atoms with Gasteiger partial charge in [-0.1, -0.05) is 12.1 Å². The molecular weight excluding hydrogens is 304 g/mol. The van der Waals surface area contributed by atoms with E-state index in [1.165, 1.54) is 5.56 Å². The highest BCUT2D eigenvalue weighted by Crippen LogP contribution is 2.27. The minimum Gasteiger partial charge on any atom is -0.497 e. The second-order valence-corrected chi connectivity index (χ2v) is 6.26. The van der Waals surface area contributed by atoms with E-state index in [1.807, 2.05) is 53.3 Å². The van der Waals surface area contributed by atoms with Crippen molar-refractivity contribution in [2.45, 2.75) is 19.5 Å². The van der Waals surface area contributed by atoms with Crippen molar-refractivity contribution in [3.8, 4) is 5.75 Å². The number of carbonyl (C=O) groups is 1. The van der Waals surface area contributed by atoms with Crippen LogP contribution in [0.25, 0.3) is 0 Å². The predicted octanol–water partition coefficient (Wildman–Crippen LogP) is 1.83. The van der Waals surface area contributed by atoms with E-state index in [1.54, 1.807) is 14.0 Å². The summed E-state index contributed by atoms with van der Waals surface area (Å²) < 4.78 is 7.05. The minimum absolute atomic E-state index is 0.0684. The van der Waals surface area contributed by atoms with Crippen LogP contribution in [0.15, 0.2) is 36.7 Å². The van der Waals surface area contributed by atoms with Crippen molar-refractivity contribution in [2.75, 3.05) is 26.7 Å². The summed E-state index contributed by atoms with van der Waals surface area (Å²) in [5.41, 5.74) is 2.34. The van der Waals surface area contributed by atoms with E-state index >= 15 is 0 Å². The summed E-state index contributed by atoms with van der Waals surface area (Å²) >= 11 is 0. The van der Waals surface area contributed by atoms with Gasteiger partial charge in [-0.05, 0) is 17.7 Å². The lowest BCUT2D eigenvalue weighted by atomic mass is 10.0. The number of aromatic nitrogens is 2. The molecule has 0 N–H and O–H groups in total. The molecule has 128 valence electrons. The molecule has 0 aliphatic carbocycles. The topological polar surface area (TPSA) is 50.6 Å². The molecule has 0 unspecified atom stereocenters. The second kappa shape index (κ2) is 7.05. The molecule has 2 heterocycles. The number of piperazine rings is 1. The molecule has 0 saturated carbocycles. The summed E-state index contributed by atoms with van der Waals surface area (Å²) in [4.78, 5) is 16.4. The van der Waals surface area contributed by atoms with Crippen molar-refractivity contribution >= 4 is 5.91 Å². The molecule has 2 aromatic rings. The Morgan fingerprint density at radius 1 is 1.29 bits per heavy atom. The van der Waals surface area contributed by atoms with E-state index in [4.69, 9.17) is 4.74 Å². The lowest BCUT2D eigenvalue weighted by molar-refractivity contribution is -0.134. The largest absolute Gasteiger partial charge is 0.497 e. The molecule has 1 amide bonds. The van der Waals surface area contributed by atoms with Crippen molar-refractivity contribution in [1.29, 1.82) is 0 Å². The van der Waals surface area contributed by atoms with Gasteiger partial charge in [-0.3, -0.25) is 14.4 Å². The van der Waals surface area contributed by atoms with Crippen LogP contribution in [0, 0.1) is 0 Å². The number of nitrogens with zero attached hydrogens (tertiary/aromatic N) is 4. The Bertz CT molecular complexity index is 695. The summed E-state index contributed by atoms with van der Waals surface area (Å²) in [6.45, 7) is 4.94. The monoisotopic (exact) mass is 328 g/mol. The SMILES string of the molecule is COc1ccc([C@H]2CN(Cc3cnn(C)c3)CCN2C(C)=O)cc1. The highest BCUT2D eigenvalue weighted by atomic mass is 16.5. The molecule has 1 saturated heterocycles. The summed E-state index contributed by atoms with van der Waals surface area (Å²) in [6.07, 6.45) is 3.94. The fraction of sp³-hybridized carbons (Fsp3) is 0.444. The lowest BCUT2D eigenvalue weighted by Gasteiger charge is -2.41. The van der Waals surface area contributed by atoms with Gasteiger partial charge in [-0.15, -0.1) is 0 Å². The van der Waals surface area contributed by atoms with Gasteiger partial charge in [0.1, 0.15) is 5.75 Å². The molecule has 24 heavy (non-hydrogen) atoms. The summed E-state index contributed by atoms with van der Waals surface area (Å²) in [5.74, 6) is 0.952. The number of hydrogen-bond donors (Lipinski definition) is 0. The Morgan fingerprint density at radius 2 is 2.04 bits per heavy atom. The fourth-order valence-corrected chi connectivity index (χ4v) is 3.28. The molecule has 0 radical (unpaired) electrons. The fourth-order valence-electron chi connectivity index (χ4n) is 3.28. The molecule has 1 aliphatic rings. The quantitative estimate of drug-likeness (QED) is 0.859. The number of aryl methyl sites for hydroxylation is 1. The Balaban J connectivity index is 1.77. The number of rotatable bonds is 4. The zero-order valence-electron chi connectivity index (χ0n) is 14.5. The van der Waals surface area contributed by atoms with Gasteiger partial charge in [0.05, 0.1) is 19.3 Å². The van der Waals surface area contributed by atoms with E-state index in [9.17, 15) is 4.79 Å². The van der Waals surface area contributed by atoms with Gasteiger partial charge in [0.2, 0.25) is 5.91 Å². The molecule has 6 heteroatoms. The Kier molecular flexibility index (Phi) is 4.85. The summed E-state index contributed by atoms with van der Waals surface area (Å²) in [5, 5.41) is 4.23. The molecule has 1 atom stereocenters. The molecule has 0 bridgehead atoms. The highest BCUT2D eigenvalue weighted by molar-refractivity contribution is 5.74. The first kappa shape index (κ1) is 16.5. The lowest BCUT2D eigenvalue weighted by Crippen LogP contribution is -2.49. The van der Waals surface area contributed by atoms with Gasteiger partial charge in [0.25, 0.3) is 0 Å². The molecule has 0 spiro atoms. The van der Waals surface area contributed by atoms with Crippen LogP contribution in [0.3, 0.4) is 0 Å². The standard InChI is InChI=1S/C18H24N4O2/c1-14(23)22-9-8-21(12-15-10-19-20(2)11-15)13-18(22)16-4-6-17(24-3)7-5-16/h4-7,10-11,18H,8-9,12-13H2,1-3H3/t18-/m1/s1. The third-order valence-electron chi connectivity index (χ3n) is 4.53.